The van der Waals surface area contributed by atoms with E-state index in [4.69, 9.17) is 30.5 Å². The minimum absolute atomic E-state index is 0.212. The number of hydrogen-bond acceptors (Lipinski definition) is 10. The highest BCUT2D eigenvalue weighted by molar-refractivity contribution is 7.90. The van der Waals surface area contributed by atoms with Crippen LogP contribution >= 0.6 is 11.6 Å². The molecule has 1 spiro atoms. The molecule has 6 atom stereocenters. The lowest BCUT2D eigenvalue weighted by atomic mass is 9.63. The number of carbonyl (C=O) groups is 1. The van der Waals surface area contributed by atoms with Gasteiger partial charge in [0.25, 0.3) is 5.91 Å². The van der Waals surface area contributed by atoms with E-state index < -0.39 is 26.8 Å². The molecule has 11 nitrogen and oxygen atoms in total. The van der Waals surface area contributed by atoms with Crippen LogP contribution < -0.4 is 14.4 Å². The molecule has 2 fully saturated rings. The maximum atomic E-state index is 13.7. The van der Waals surface area contributed by atoms with Crippen LogP contribution in [0.4, 0.5) is 5.69 Å². The molecule has 1 saturated carbocycles. The molecule has 3 aliphatic heterocycles. The number of ether oxygens (including phenoxy) is 4. The third-order valence-corrected chi connectivity index (χ3v) is 15.9. The number of carbonyl (C=O) groups excluding carboxylic acids is 1. The molecule has 5 aliphatic rings. The van der Waals surface area contributed by atoms with Crippen LogP contribution in [0, 0.1) is 17.8 Å². The van der Waals surface area contributed by atoms with E-state index >= 15 is 0 Å². The molecule has 0 aromatic heterocycles. The van der Waals surface area contributed by atoms with Gasteiger partial charge in [0.1, 0.15) is 11.4 Å². The first-order valence-electron chi connectivity index (χ1n) is 20.4. The quantitative estimate of drug-likeness (QED) is 0.341. The number of piperazine rings is 1. The normalized spacial score (nSPS) is 31.8. The number of aryl methyl sites for hydroxylation is 1. The van der Waals surface area contributed by atoms with Gasteiger partial charge >= 0.3 is 0 Å². The Morgan fingerprint density at radius 2 is 1.79 bits per heavy atom. The highest BCUT2D eigenvalue weighted by Crippen LogP contribution is 2.49. The van der Waals surface area contributed by atoms with Crippen molar-refractivity contribution in [3.05, 3.63) is 70.3 Å². The van der Waals surface area contributed by atoms with E-state index in [1.54, 1.807) is 27.2 Å². The fraction of sp³-hybridized carbons (Fsp3) is 0.651. The maximum absolute atomic E-state index is 13.7. The number of halogens is 1. The number of amides is 1. The van der Waals surface area contributed by atoms with Crippen LogP contribution in [0.2, 0.25) is 5.02 Å². The molecule has 0 radical (unpaired) electrons. The van der Waals surface area contributed by atoms with Gasteiger partial charge in [0.15, 0.2) is 0 Å². The molecule has 1 saturated heterocycles. The molecule has 1 N–H and O–H groups in total. The summed E-state index contributed by atoms with van der Waals surface area (Å²) < 4.78 is 54.2. The lowest BCUT2D eigenvalue weighted by molar-refractivity contribution is -0.0979. The van der Waals surface area contributed by atoms with E-state index in [2.05, 4.69) is 43.7 Å². The zero-order chi connectivity index (χ0) is 39.7. The second-order valence-electron chi connectivity index (χ2n) is 17.1. The van der Waals surface area contributed by atoms with E-state index in [0.29, 0.717) is 50.0 Å². The summed E-state index contributed by atoms with van der Waals surface area (Å²) in [4.78, 5) is 21.1. The number of methoxy groups -OCH3 is 3. The van der Waals surface area contributed by atoms with Crippen molar-refractivity contribution in [2.24, 2.45) is 17.8 Å². The zero-order valence-corrected chi connectivity index (χ0v) is 35.4. The summed E-state index contributed by atoms with van der Waals surface area (Å²) >= 11 is 6.52. The molecule has 13 heteroatoms. The summed E-state index contributed by atoms with van der Waals surface area (Å²) in [6, 6.07) is 11.8. The Kier molecular flexibility index (Phi) is 12.8. The molecule has 2 bridgehead atoms. The fourth-order valence-corrected chi connectivity index (χ4v) is 11.6. The second-order valence-corrected chi connectivity index (χ2v) is 19.5. The number of hydrogen-bond donors (Lipinski definition) is 1. The minimum Gasteiger partial charge on any atom is -0.490 e. The van der Waals surface area contributed by atoms with Crippen LogP contribution in [-0.4, -0.2) is 128 Å². The van der Waals surface area contributed by atoms with E-state index in [1.165, 1.54) is 11.1 Å². The van der Waals surface area contributed by atoms with Crippen LogP contribution in [0.3, 0.4) is 0 Å². The standard InChI is InChI=1S/C43H61ClN4O7S/c1-30-8-6-17-43(54-5,28-46-18-20-47(21-19-46)36(25-52-3)26-53-4)38-13-10-34(38)24-48-27-42(16-7-9-32-22-35(44)12-14-37(32)42)29-55-40-15-11-33(23-39(40)48)41(49)45-56(50,51)31(30)2/h6,11-12,14-15,17,22-23,30-31,34,36,38H,7-10,13,16,18-21,24-29H2,1-5H3,(H,45,49)/b17-6+/t30-,31+,34-,38+,42-,43+/m0/s1. The first-order chi connectivity index (χ1) is 26.9. The molecule has 2 aromatic rings. The number of fused-ring (bicyclic) bond motifs is 4. The van der Waals surface area contributed by atoms with Gasteiger partial charge in [0.05, 0.1) is 36.8 Å². The van der Waals surface area contributed by atoms with Gasteiger partial charge in [-0.05, 0) is 105 Å². The topological polar surface area (TPSA) is 110 Å². The average Bonchev–Trinajstić information content (AvgIpc) is 3.32. The summed E-state index contributed by atoms with van der Waals surface area (Å²) in [5.41, 5.74) is 2.81. The highest BCUT2D eigenvalue weighted by atomic mass is 35.5. The third-order valence-electron chi connectivity index (χ3n) is 13.7. The van der Waals surface area contributed by atoms with Gasteiger partial charge in [0.2, 0.25) is 10.0 Å². The number of rotatable bonds is 8. The van der Waals surface area contributed by atoms with Crippen LogP contribution in [0.15, 0.2) is 48.6 Å². The molecule has 7 rings (SSSR count). The Morgan fingerprint density at radius 3 is 2.48 bits per heavy atom. The number of nitrogens with zero attached hydrogens (tertiary/aromatic N) is 3. The largest absolute Gasteiger partial charge is 0.490 e. The molecule has 1 amide bonds. The first kappa shape index (κ1) is 41.4. The van der Waals surface area contributed by atoms with Gasteiger partial charge in [-0.2, -0.15) is 0 Å². The minimum atomic E-state index is -3.97. The van der Waals surface area contributed by atoms with Gasteiger partial charge in [0, 0.05) is 83.1 Å². The monoisotopic (exact) mass is 812 g/mol. The molecule has 56 heavy (non-hydrogen) atoms. The molecular formula is C43H61ClN4O7S. The van der Waals surface area contributed by atoms with Gasteiger partial charge in [-0.3, -0.25) is 14.6 Å². The number of anilines is 1. The first-order valence-corrected chi connectivity index (χ1v) is 22.4. The van der Waals surface area contributed by atoms with Crippen molar-refractivity contribution in [3.8, 4) is 5.75 Å². The highest BCUT2D eigenvalue weighted by Gasteiger charge is 2.50. The van der Waals surface area contributed by atoms with Gasteiger partial charge in [-0.15, -0.1) is 0 Å². The Morgan fingerprint density at radius 1 is 1.02 bits per heavy atom. The maximum Gasteiger partial charge on any atom is 0.264 e. The molecule has 3 heterocycles. The summed E-state index contributed by atoms with van der Waals surface area (Å²) in [6.07, 6.45) is 9.97. The van der Waals surface area contributed by atoms with E-state index in [-0.39, 0.29) is 23.3 Å². The average molecular weight is 814 g/mol. The Labute approximate surface area is 339 Å². The van der Waals surface area contributed by atoms with Crippen LogP contribution in [0.25, 0.3) is 0 Å². The molecule has 308 valence electrons. The number of sulfonamides is 1. The third kappa shape index (κ3) is 8.40. The predicted molar refractivity (Wildman–Crippen MR) is 220 cm³/mol. The van der Waals surface area contributed by atoms with Crippen molar-refractivity contribution in [2.45, 2.75) is 74.7 Å². The predicted octanol–water partition coefficient (Wildman–Crippen LogP) is 5.55. The summed E-state index contributed by atoms with van der Waals surface area (Å²) in [7, 11) is 1.35. The van der Waals surface area contributed by atoms with Crippen molar-refractivity contribution < 1.29 is 32.2 Å². The molecular weight excluding hydrogens is 752 g/mol. The summed E-state index contributed by atoms with van der Waals surface area (Å²) in [5, 5.41) is -0.0524. The van der Waals surface area contributed by atoms with E-state index in [9.17, 15) is 13.2 Å². The second kappa shape index (κ2) is 17.3. The Bertz CT molecular complexity index is 1850. The van der Waals surface area contributed by atoms with E-state index in [1.807, 2.05) is 32.2 Å². The van der Waals surface area contributed by atoms with Crippen molar-refractivity contribution in [1.82, 2.24) is 14.5 Å². The molecule has 2 aliphatic carbocycles. The van der Waals surface area contributed by atoms with Gasteiger partial charge in [-0.1, -0.05) is 36.7 Å². The summed E-state index contributed by atoms with van der Waals surface area (Å²) in [5.74, 6) is 0.387. The van der Waals surface area contributed by atoms with Gasteiger partial charge < -0.3 is 23.8 Å². The fourth-order valence-electron chi connectivity index (χ4n) is 10.1. The Balaban J connectivity index is 1.25. The lowest BCUT2D eigenvalue weighted by Crippen LogP contribution is -2.60. The van der Waals surface area contributed by atoms with Crippen LogP contribution in [0.5, 0.6) is 5.75 Å². The van der Waals surface area contributed by atoms with Crippen molar-refractivity contribution >= 4 is 33.2 Å². The number of allylic oxidation sites excluding steroid dienone is 1. The molecule has 2 aromatic carbocycles. The summed E-state index contributed by atoms with van der Waals surface area (Å²) in [6.45, 7) is 11.2. The molecule has 0 unspecified atom stereocenters. The van der Waals surface area contributed by atoms with E-state index in [0.717, 1.165) is 82.1 Å². The zero-order valence-electron chi connectivity index (χ0n) is 33.8. The lowest BCUT2D eigenvalue weighted by Gasteiger charge is -2.52. The SMILES string of the molecule is COCC(COC)N1CCN(C[C@]2(OC)/C=C/C[C@H](C)[C@@H](C)S(=O)(=O)NC(=O)c3ccc4c(c3)N(C[C@@H]3CC[C@H]32)C[C@@]2(CCCc3cc(Cl)ccc32)CO4)CC1. The van der Waals surface area contributed by atoms with Crippen molar-refractivity contribution in [1.29, 1.82) is 0 Å². The Hall–Kier alpha value is -2.71. The van der Waals surface area contributed by atoms with Gasteiger partial charge in [-0.25, -0.2) is 13.1 Å². The number of nitrogens with one attached hydrogen (secondary N) is 1. The van der Waals surface area contributed by atoms with Crippen molar-refractivity contribution in [3.63, 3.8) is 0 Å². The van der Waals surface area contributed by atoms with Crippen molar-refractivity contribution in [2.75, 3.05) is 91.9 Å². The van der Waals surface area contributed by atoms with Crippen LogP contribution in [0.1, 0.15) is 67.4 Å². The number of benzene rings is 2. The van der Waals surface area contributed by atoms with Crippen LogP contribution in [-0.2, 0) is 36.1 Å². The smallest absolute Gasteiger partial charge is 0.264 e.